The Labute approximate surface area is 170 Å². The first-order chi connectivity index (χ1) is 13.9. The first kappa shape index (κ1) is 21.9. The molecule has 2 amide bonds. The number of amides is 2. The van der Waals surface area contributed by atoms with Gasteiger partial charge >= 0.3 is 0 Å². The number of benzene rings is 2. The molecule has 0 aliphatic rings. The molecule has 1 atom stereocenters. The molecule has 8 heteroatoms. The fraction of sp³-hybridized carbons (Fsp3) is 0.190. The van der Waals surface area contributed by atoms with Crippen molar-refractivity contribution in [3.63, 3.8) is 0 Å². The van der Waals surface area contributed by atoms with E-state index in [2.05, 4.69) is 0 Å². The number of nitrogens with one attached hydrogen (secondary N) is 1. The topological polar surface area (TPSA) is 107 Å². The molecular weight excluding hydrogens is 390 g/mol. The van der Waals surface area contributed by atoms with Gasteiger partial charge in [0.25, 0.3) is 10.0 Å². The SMILES string of the molecule is CCN(C(=O)C(CC#N)C(=O)NS(=O)(=O)C=Cc1ccccc1)c1ccccc1. The van der Waals surface area contributed by atoms with Crippen LogP contribution in [0.4, 0.5) is 5.69 Å². The average molecular weight is 411 g/mol. The number of nitriles is 1. The summed E-state index contributed by atoms with van der Waals surface area (Å²) in [5.74, 6) is -3.12. The van der Waals surface area contributed by atoms with Crippen molar-refractivity contribution < 1.29 is 18.0 Å². The molecule has 2 rings (SSSR count). The minimum Gasteiger partial charge on any atom is -0.312 e. The Morgan fingerprint density at radius 1 is 1.10 bits per heavy atom. The number of nitrogens with zero attached hydrogens (tertiary/aromatic N) is 2. The van der Waals surface area contributed by atoms with Gasteiger partial charge in [-0.1, -0.05) is 48.5 Å². The highest BCUT2D eigenvalue weighted by atomic mass is 32.2. The van der Waals surface area contributed by atoms with Crippen molar-refractivity contribution >= 4 is 33.6 Å². The van der Waals surface area contributed by atoms with Crippen LogP contribution in [-0.4, -0.2) is 26.8 Å². The number of carbonyl (C=O) groups excluding carboxylic acids is 2. The van der Waals surface area contributed by atoms with Crippen molar-refractivity contribution in [1.29, 1.82) is 5.26 Å². The van der Waals surface area contributed by atoms with Crippen LogP contribution < -0.4 is 9.62 Å². The largest absolute Gasteiger partial charge is 0.312 e. The fourth-order valence-electron chi connectivity index (χ4n) is 2.62. The van der Waals surface area contributed by atoms with E-state index in [1.165, 1.54) is 11.0 Å². The molecule has 1 unspecified atom stereocenters. The maximum atomic E-state index is 12.9. The number of anilines is 1. The number of sulfonamides is 1. The molecule has 0 spiro atoms. The fourth-order valence-corrected chi connectivity index (χ4v) is 3.45. The number of para-hydroxylation sites is 1. The lowest BCUT2D eigenvalue weighted by Gasteiger charge is -2.24. The Hall–Kier alpha value is -3.44. The molecule has 0 fully saturated rings. The molecule has 0 aromatic heterocycles. The van der Waals surface area contributed by atoms with E-state index >= 15 is 0 Å². The van der Waals surface area contributed by atoms with Crippen LogP contribution in [0.5, 0.6) is 0 Å². The quantitative estimate of drug-likeness (QED) is 0.672. The number of hydrogen-bond donors (Lipinski definition) is 1. The number of rotatable bonds is 8. The summed E-state index contributed by atoms with van der Waals surface area (Å²) in [6.07, 6.45) is 0.894. The van der Waals surface area contributed by atoms with Crippen molar-refractivity contribution in [2.24, 2.45) is 5.92 Å². The van der Waals surface area contributed by atoms with Gasteiger partial charge in [-0.05, 0) is 30.7 Å². The van der Waals surface area contributed by atoms with E-state index in [1.54, 1.807) is 73.7 Å². The van der Waals surface area contributed by atoms with E-state index in [1.807, 2.05) is 4.72 Å². The molecule has 29 heavy (non-hydrogen) atoms. The highest BCUT2D eigenvalue weighted by Gasteiger charge is 2.32. The zero-order valence-electron chi connectivity index (χ0n) is 15.9. The van der Waals surface area contributed by atoms with Crippen molar-refractivity contribution in [2.75, 3.05) is 11.4 Å². The lowest BCUT2D eigenvalue weighted by molar-refractivity contribution is -0.132. The van der Waals surface area contributed by atoms with Crippen LogP contribution >= 0.6 is 0 Å². The summed E-state index contributed by atoms with van der Waals surface area (Å²) in [4.78, 5) is 26.7. The van der Waals surface area contributed by atoms with E-state index in [0.717, 1.165) is 5.41 Å². The Morgan fingerprint density at radius 3 is 2.24 bits per heavy atom. The van der Waals surface area contributed by atoms with Crippen molar-refractivity contribution in [3.8, 4) is 6.07 Å². The van der Waals surface area contributed by atoms with E-state index in [9.17, 15) is 18.0 Å². The average Bonchev–Trinajstić information content (AvgIpc) is 2.72. The smallest absolute Gasteiger partial charge is 0.257 e. The lowest BCUT2D eigenvalue weighted by atomic mass is 10.0. The molecule has 0 aliphatic carbocycles. The molecule has 150 valence electrons. The predicted octanol–water partition coefficient (Wildman–Crippen LogP) is 2.69. The van der Waals surface area contributed by atoms with Gasteiger partial charge in [0.1, 0.15) is 5.92 Å². The van der Waals surface area contributed by atoms with Gasteiger partial charge in [-0.2, -0.15) is 5.26 Å². The molecule has 0 heterocycles. The van der Waals surface area contributed by atoms with E-state index < -0.39 is 34.2 Å². The summed E-state index contributed by atoms with van der Waals surface area (Å²) in [6.45, 7) is 1.99. The van der Waals surface area contributed by atoms with Crippen LogP contribution in [0.3, 0.4) is 0 Å². The second kappa shape index (κ2) is 10.2. The van der Waals surface area contributed by atoms with Crippen LogP contribution in [-0.2, 0) is 19.6 Å². The van der Waals surface area contributed by atoms with Crippen LogP contribution in [0.2, 0.25) is 0 Å². The third-order valence-corrected chi connectivity index (χ3v) is 5.02. The predicted molar refractivity (Wildman–Crippen MR) is 111 cm³/mol. The van der Waals surface area contributed by atoms with Crippen molar-refractivity contribution in [1.82, 2.24) is 4.72 Å². The summed E-state index contributed by atoms with van der Waals surface area (Å²) in [6, 6.07) is 19.1. The third kappa shape index (κ3) is 6.30. The molecular formula is C21H21N3O4S. The van der Waals surface area contributed by atoms with Crippen molar-refractivity contribution in [2.45, 2.75) is 13.3 Å². The van der Waals surface area contributed by atoms with Crippen LogP contribution in [0.25, 0.3) is 6.08 Å². The van der Waals surface area contributed by atoms with Gasteiger partial charge < -0.3 is 4.90 Å². The molecule has 0 saturated carbocycles. The summed E-state index contributed by atoms with van der Waals surface area (Å²) in [5.41, 5.74) is 1.19. The Balaban J connectivity index is 2.19. The maximum Gasteiger partial charge on any atom is 0.257 e. The highest BCUT2D eigenvalue weighted by molar-refractivity contribution is 7.93. The van der Waals surface area contributed by atoms with Gasteiger partial charge in [-0.15, -0.1) is 0 Å². The van der Waals surface area contributed by atoms with E-state index in [-0.39, 0.29) is 6.54 Å². The zero-order chi connectivity index (χ0) is 21.3. The second-order valence-corrected chi connectivity index (χ2v) is 7.62. The van der Waals surface area contributed by atoms with E-state index in [0.29, 0.717) is 11.3 Å². The normalized spacial score (nSPS) is 12.1. The van der Waals surface area contributed by atoms with Crippen molar-refractivity contribution in [3.05, 3.63) is 71.6 Å². The Kier molecular flexibility index (Phi) is 7.69. The molecule has 2 aromatic carbocycles. The Bertz CT molecular complexity index is 1010. The maximum absolute atomic E-state index is 12.9. The summed E-state index contributed by atoms with van der Waals surface area (Å²) < 4.78 is 26.3. The number of hydrogen-bond acceptors (Lipinski definition) is 5. The standard InChI is InChI=1S/C21H21N3O4S/c1-2-24(18-11-7-4-8-12-18)21(26)19(13-15-22)20(25)23-29(27,28)16-14-17-9-5-3-6-10-17/h3-12,14,16,19H,2,13H2,1H3,(H,23,25). The van der Waals surface area contributed by atoms with Crippen LogP contribution in [0.15, 0.2) is 66.1 Å². The second-order valence-electron chi connectivity index (χ2n) is 6.06. The monoisotopic (exact) mass is 411 g/mol. The third-order valence-electron chi connectivity index (χ3n) is 4.04. The van der Waals surface area contributed by atoms with Gasteiger partial charge in [0.15, 0.2) is 0 Å². The van der Waals surface area contributed by atoms with Crippen LogP contribution in [0, 0.1) is 17.2 Å². The molecule has 2 aromatic rings. The summed E-state index contributed by atoms with van der Waals surface area (Å²) in [7, 11) is -4.13. The molecule has 7 nitrogen and oxygen atoms in total. The Morgan fingerprint density at radius 2 is 1.69 bits per heavy atom. The molecule has 0 bridgehead atoms. The molecule has 0 aliphatic heterocycles. The van der Waals surface area contributed by atoms with Gasteiger partial charge in [0.05, 0.1) is 17.9 Å². The zero-order valence-corrected chi connectivity index (χ0v) is 16.7. The summed E-state index contributed by atoms with van der Waals surface area (Å²) >= 11 is 0. The van der Waals surface area contributed by atoms with Gasteiger partial charge in [0, 0.05) is 12.2 Å². The first-order valence-corrected chi connectivity index (χ1v) is 10.5. The number of carbonyl (C=O) groups is 2. The minimum absolute atomic E-state index is 0.263. The molecule has 0 saturated heterocycles. The van der Waals surface area contributed by atoms with Crippen LogP contribution in [0.1, 0.15) is 18.9 Å². The van der Waals surface area contributed by atoms with Gasteiger partial charge in [0.2, 0.25) is 11.8 Å². The first-order valence-electron chi connectivity index (χ1n) is 8.91. The lowest BCUT2D eigenvalue weighted by Crippen LogP contribution is -2.45. The molecule has 1 N–H and O–H groups in total. The van der Waals surface area contributed by atoms with Gasteiger partial charge in [-0.25, -0.2) is 13.1 Å². The van der Waals surface area contributed by atoms with Gasteiger partial charge in [-0.3, -0.25) is 9.59 Å². The minimum atomic E-state index is -4.13. The highest BCUT2D eigenvalue weighted by Crippen LogP contribution is 2.18. The van der Waals surface area contributed by atoms with E-state index in [4.69, 9.17) is 5.26 Å². The summed E-state index contributed by atoms with van der Waals surface area (Å²) in [5, 5.41) is 9.90. The molecule has 0 radical (unpaired) electrons.